The molecule has 0 radical (unpaired) electrons. The summed E-state index contributed by atoms with van der Waals surface area (Å²) in [5.74, 6) is 3.50. The Kier molecular flexibility index (Phi) is 4.99. The number of nitrogens with one attached hydrogen (secondary N) is 1. The summed E-state index contributed by atoms with van der Waals surface area (Å²) in [6.07, 6.45) is 6.84. The molecular formula is C17H27NO3. The van der Waals surface area contributed by atoms with Gasteiger partial charge in [0, 0.05) is 12.6 Å². The second kappa shape index (κ2) is 6.95. The first kappa shape index (κ1) is 15.1. The van der Waals surface area contributed by atoms with E-state index in [0.717, 1.165) is 23.5 Å². The van der Waals surface area contributed by atoms with Gasteiger partial charge >= 0.3 is 0 Å². The third-order valence-corrected chi connectivity index (χ3v) is 5.25. The number of aliphatic hydroxyl groups excluding tert-OH is 1. The number of fused-ring (bicyclic) bond motifs is 2. The maximum atomic E-state index is 9.98. The molecule has 2 saturated carbocycles. The van der Waals surface area contributed by atoms with Gasteiger partial charge in [-0.15, -0.1) is 0 Å². The zero-order chi connectivity index (χ0) is 14.7. The van der Waals surface area contributed by atoms with Crippen LogP contribution in [0.3, 0.4) is 0 Å². The van der Waals surface area contributed by atoms with Crippen molar-refractivity contribution in [2.75, 3.05) is 13.2 Å². The lowest BCUT2D eigenvalue weighted by atomic mass is 9.84. The molecule has 3 rings (SSSR count). The zero-order valence-corrected chi connectivity index (χ0v) is 12.8. The van der Waals surface area contributed by atoms with Crippen LogP contribution in [0.5, 0.6) is 0 Å². The van der Waals surface area contributed by atoms with E-state index in [-0.39, 0.29) is 0 Å². The molecule has 118 valence electrons. The Morgan fingerprint density at radius 1 is 1.43 bits per heavy atom. The Balaban J connectivity index is 1.31. The standard InChI is InChI=1S/C17H27NO3/c1-12(17-8-13-4-5-14(17)7-13)18-9-15(19)10-20-11-16-3-2-6-21-16/h2-3,6,12-15,17-19H,4-5,7-11H2,1H3. The molecule has 1 aromatic heterocycles. The Bertz CT molecular complexity index is 420. The van der Waals surface area contributed by atoms with E-state index >= 15 is 0 Å². The van der Waals surface area contributed by atoms with Gasteiger partial charge in [-0.05, 0) is 56.1 Å². The van der Waals surface area contributed by atoms with Crippen LogP contribution < -0.4 is 5.32 Å². The molecule has 2 aliphatic carbocycles. The highest BCUT2D eigenvalue weighted by Crippen LogP contribution is 2.49. The minimum absolute atomic E-state index is 0.344. The molecule has 21 heavy (non-hydrogen) atoms. The summed E-state index contributed by atoms with van der Waals surface area (Å²) in [4.78, 5) is 0. The van der Waals surface area contributed by atoms with Crippen molar-refractivity contribution < 1.29 is 14.3 Å². The lowest BCUT2D eigenvalue weighted by molar-refractivity contribution is 0.0204. The van der Waals surface area contributed by atoms with Crippen molar-refractivity contribution in [2.24, 2.45) is 17.8 Å². The SMILES string of the molecule is CC(NCC(O)COCc1ccco1)C1CC2CCC1C2. The minimum Gasteiger partial charge on any atom is -0.467 e. The molecule has 4 nitrogen and oxygen atoms in total. The molecule has 2 fully saturated rings. The van der Waals surface area contributed by atoms with Crippen molar-refractivity contribution in [1.29, 1.82) is 0 Å². The average Bonchev–Trinajstić information content (AvgIpc) is 3.21. The van der Waals surface area contributed by atoms with Crippen LogP contribution in [-0.4, -0.2) is 30.4 Å². The second-order valence-electron chi connectivity index (χ2n) is 6.78. The van der Waals surface area contributed by atoms with Crippen LogP contribution in [0.15, 0.2) is 22.8 Å². The van der Waals surface area contributed by atoms with Crippen molar-refractivity contribution in [1.82, 2.24) is 5.32 Å². The predicted octanol–water partition coefficient (Wildman–Crippen LogP) is 2.57. The third kappa shape index (κ3) is 3.87. The highest BCUT2D eigenvalue weighted by molar-refractivity contribution is 4.96. The second-order valence-corrected chi connectivity index (χ2v) is 6.78. The maximum Gasteiger partial charge on any atom is 0.129 e. The number of furan rings is 1. The predicted molar refractivity (Wildman–Crippen MR) is 80.8 cm³/mol. The van der Waals surface area contributed by atoms with E-state index in [1.165, 1.54) is 25.7 Å². The van der Waals surface area contributed by atoms with Gasteiger partial charge in [0.1, 0.15) is 12.4 Å². The van der Waals surface area contributed by atoms with Gasteiger partial charge in [-0.3, -0.25) is 0 Å². The first-order valence-electron chi connectivity index (χ1n) is 8.24. The molecule has 0 aromatic carbocycles. The van der Waals surface area contributed by atoms with E-state index in [0.29, 0.717) is 25.8 Å². The molecule has 2 N–H and O–H groups in total. The highest BCUT2D eigenvalue weighted by atomic mass is 16.5. The third-order valence-electron chi connectivity index (χ3n) is 5.25. The van der Waals surface area contributed by atoms with Crippen LogP contribution in [0, 0.1) is 17.8 Å². The first-order chi connectivity index (χ1) is 10.2. The van der Waals surface area contributed by atoms with E-state index in [4.69, 9.17) is 9.15 Å². The first-order valence-corrected chi connectivity index (χ1v) is 8.24. The highest BCUT2D eigenvalue weighted by Gasteiger charge is 2.41. The fraction of sp³-hybridized carbons (Fsp3) is 0.765. The number of hydrogen-bond acceptors (Lipinski definition) is 4. The van der Waals surface area contributed by atoms with Crippen LogP contribution in [0.1, 0.15) is 38.4 Å². The van der Waals surface area contributed by atoms with Gasteiger partial charge in [-0.25, -0.2) is 0 Å². The molecule has 4 heteroatoms. The molecule has 5 unspecified atom stereocenters. The molecule has 0 aliphatic heterocycles. The molecule has 0 amide bonds. The van der Waals surface area contributed by atoms with Gasteiger partial charge in [0.2, 0.25) is 0 Å². The maximum absolute atomic E-state index is 9.98. The molecule has 0 saturated heterocycles. The van der Waals surface area contributed by atoms with Crippen molar-refractivity contribution in [3.05, 3.63) is 24.2 Å². The molecule has 1 heterocycles. The summed E-state index contributed by atoms with van der Waals surface area (Å²) in [5, 5.41) is 13.5. The number of ether oxygens (including phenoxy) is 1. The van der Waals surface area contributed by atoms with Crippen LogP contribution >= 0.6 is 0 Å². The van der Waals surface area contributed by atoms with E-state index in [1.54, 1.807) is 6.26 Å². The van der Waals surface area contributed by atoms with Crippen molar-refractivity contribution in [2.45, 2.75) is 51.4 Å². The smallest absolute Gasteiger partial charge is 0.129 e. The summed E-state index contributed by atoms with van der Waals surface area (Å²) in [6.45, 7) is 3.64. The van der Waals surface area contributed by atoms with E-state index in [9.17, 15) is 5.11 Å². The molecule has 2 aliphatic rings. The number of aliphatic hydroxyl groups is 1. The zero-order valence-electron chi connectivity index (χ0n) is 12.8. The van der Waals surface area contributed by atoms with E-state index in [2.05, 4.69) is 12.2 Å². The Hall–Kier alpha value is -0.840. The summed E-state index contributed by atoms with van der Waals surface area (Å²) in [6, 6.07) is 4.22. The van der Waals surface area contributed by atoms with Gasteiger partial charge < -0.3 is 19.6 Å². The van der Waals surface area contributed by atoms with Gasteiger partial charge in [0.25, 0.3) is 0 Å². The van der Waals surface area contributed by atoms with Gasteiger partial charge in [0.15, 0.2) is 0 Å². The Morgan fingerprint density at radius 2 is 2.33 bits per heavy atom. The monoisotopic (exact) mass is 293 g/mol. The summed E-state index contributed by atoms with van der Waals surface area (Å²) >= 11 is 0. The molecule has 2 bridgehead atoms. The lowest BCUT2D eigenvalue weighted by Gasteiger charge is -2.29. The molecule has 5 atom stereocenters. The van der Waals surface area contributed by atoms with E-state index < -0.39 is 6.10 Å². The number of hydrogen-bond donors (Lipinski definition) is 2. The fourth-order valence-electron chi connectivity index (χ4n) is 4.13. The normalized spacial score (nSPS) is 30.7. The quantitative estimate of drug-likeness (QED) is 0.773. The largest absolute Gasteiger partial charge is 0.467 e. The van der Waals surface area contributed by atoms with Gasteiger partial charge in [-0.2, -0.15) is 0 Å². The topological polar surface area (TPSA) is 54.6 Å². The summed E-state index contributed by atoms with van der Waals surface area (Å²) in [5.41, 5.74) is 0. The van der Waals surface area contributed by atoms with Crippen LogP contribution in [0.25, 0.3) is 0 Å². The Morgan fingerprint density at radius 3 is 3.00 bits per heavy atom. The van der Waals surface area contributed by atoms with Crippen molar-refractivity contribution >= 4 is 0 Å². The Labute approximate surface area is 126 Å². The lowest BCUT2D eigenvalue weighted by Crippen LogP contribution is -2.41. The summed E-state index contributed by atoms with van der Waals surface area (Å²) in [7, 11) is 0. The van der Waals surface area contributed by atoms with Crippen LogP contribution in [0.4, 0.5) is 0 Å². The van der Waals surface area contributed by atoms with Crippen molar-refractivity contribution in [3.8, 4) is 0 Å². The average molecular weight is 293 g/mol. The molecule has 1 aromatic rings. The number of rotatable bonds is 8. The van der Waals surface area contributed by atoms with E-state index in [1.807, 2.05) is 12.1 Å². The van der Waals surface area contributed by atoms with Gasteiger partial charge in [0.05, 0.1) is 19.0 Å². The summed E-state index contributed by atoms with van der Waals surface area (Å²) < 4.78 is 10.7. The fourth-order valence-corrected chi connectivity index (χ4v) is 4.13. The van der Waals surface area contributed by atoms with Crippen LogP contribution in [-0.2, 0) is 11.3 Å². The molecular weight excluding hydrogens is 266 g/mol. The molecule has 0 spiro atoms. The van der Waals surface area contributed by atoms with Gasteiger partial charge in [-0.1, -0.05) is 6.42 Å². The van der Waals surface area contributed by atoms with Crippen LogP contribution in [0.2, 0.25) is 0 Å². The van der Waals surface area contributed by atoms with Crippen molar-refractivity contribution in [3.63, 3.8) is 0 Å². The minimum atomic E-state index is -0.457.